The van der Waals surface area contributed by atoms with E-state index in [0.717, 1.165) is 30.2 Å². The summed E-state index contributed by atoms with van der Waals surface area (Å²) in [5, 5.41) is 13.1. The molecule has 6 rings (SSSR count). The molecule has 14 nitrogen and oxygen atoms in total. The number of carboxylic acids is 1. The van der Waals surface area contributed by atoms with Crippen LogP contribution in [-0.4, -0.2) is 72.9 Å². The number of hydrogen-bond donors (Lipinski definition) is 3. The molecule has 2 aliphatic rings. The molecule has 4 aromatic rings. The van der Waals surface area contributed by atoms with E-state index < -0.39 is 26.0 Å². The minimum atomic E-state index is -2.40. The van der Waals surface area contributed by atoms with Crippen LogP contribution in [0.2, 0.25) is 6.04 Å². The monoisotopic (exact) mass is 895 g/mol. The quantitative estimate of drug-likeness (QED) is 0.0351. The molecule has 2 saturated carbocycles. The smallest absolute Gasteiger partial charge is 0.497 e. The maximum absolute atomic E-state index is 12.2. The van der Waals surface area contributed by atoms with Gasteiger partial charge in [-0.05, 0) is 87.9 Å². The number of ether oxygens (including phenoxy) is 2. The Morgan fingerprint density at radius 1 is 0.778 bits per heavy atom. The topological polar surface area (TPSA) is 199 Å². The molecule has 4 N–H and O–H groups in total. The average molecular weight is 896 g/mol. The van der Waals surface area contributed by atoms with E-state index in [0.29, 0.717) is 72.1 Å². The molecule has 0 atom stereocenters. The molecule has 2 fully saturated rings. The van der Waals surface area contributed by atoms with Gasteiger partial charge >= 0.3 is 26.0 Å². The van der Waals surface area contributed by atoms with Gasteiger partial charge in [-0.15, -0.1) is 12.8 Å². The van der Waals surface area contributed by atoms with E-state index in [4.69, 9.17) is 43.8 Å². The van der Waals surface area contributed by atoms with Crippen molar-refractivity contribution in [3.63, 3.8) is 0 Å². The number of fused-ring (bicyclic) bond motifs is 2. The molecule has 0 aliphatic heterocycles. The Morgan fingerprint density at radius 3 is 1.65 bits per heavy atom. The first-order valence-electron chi connectivity index (χ1n) is 22.6. The summed E-state index contributed by atoms with van der Waals surface area (Å²) in [5.41, 5.74) is 6.34. The fourth-order valence-corrected chi connectivity index (χ4v) is 10.1. The molecule has 63 heavy (non-hydrogen) atoms. The molecule has 0 radical (unpaired) electrons. The second kappa shape index (κ2) is 31.0. The third-order valence-corrected chi connectivity index (χ3v) is 13.5. The summed E-state index contributed by atoms with van der Waals surface area (Å²) in [6.07, 6.45) is 21.7. The van der Waals surface area contributed by atoms with Gasteiger partial charge in [0.1, 0.15) is 24.0 Å². The zero-order chi connectivity index (χ0) is 47.2. The summed E-state index contributed by atoms with van der Waals surface area (Å²) in [7, 11) is 0.662. The summed E-state index contributed by atoms with van der Waals surface area (Å²) < 4.78 is 43.1. The summed E-state index contributed by atoms with van der Waals surface area (Å²) in [4.78, 5) is 45.9. The van der Waals surface area contributed by atoms with Crippen molar-refractivity contribution in [2.45, 2.75) is 117 Å². The average Bonchev–Trinajstić information content (AvgIpc) is 4.04. The second-order valence-electron chi connectivity index (χ2n) is 14.9. The molecule has 15 heteroatoms. The van der Waals surface area contributed by atoms with Crippen LogP contribution >= 0.6 is 0 Å². The molecular formula is C48H70N2O12Si. The summed E-state index contributed by atoms with van der Waals surface area (Å²) >= 11 is 0. The molecular weight excluding hydrogens is 825 g/mol. The van der Waals surface area contributed by atoms with Crippen molar-refractivity contribution in [3.8, 4) is 24.3 Å². The minimum Gasteiger partial charge on any atom is -0.497 e. The van der Waals surface area contributed by atoms with E-state index in [-0.39, 0.29) is 18.7 Å². The fraction of sp³-hybridized carbons (Fsp3) is 0.542. The lowest BCUT2D eigenvalue weighted by Gasteiger charge is -2.28. The zero-order valence-corrected chi connectivity index (χ0v) is 38.9. The highest BCUT2D eigenvalue weighted by Crippen LogP contribution is 2.28. The summed E-state index contributed by atoms with van der Waals surface area (Å²) in [6, 6.07) is 13.6. The van der Waals surface area contributed by atoms with Crippen LogP contribution in [0.5, 0.6) is 11.5 Å². The number of nitrogens with one attached hydrogen (secondary N) is 1. The van der Waals surface area contributed by atoms with E-state index in [1.54, 1.807) is 37.4 Å². The Kier molecular flexibility index (Phi) is 25.7. The Bertz CT molecular complexity index is 2100. The van der Waals surface area contributed by atoms with Crippen LogP contribution in [0.15, 0.2) is 67.0 Å². The Balaban J connectivity index is 0.000000315. The van der Waals surface area contributed by atoms with E-state index in [2.05, 4.69) is 11.7 Å². The van der Waals surface area contributed by atoms with Gasteiger partial charge in [-0.3, -0.25) is 9.59 Å². The molecule has 2 heterocycles. The van der Waals surface area contributed by atoms with Crippen LogP contribution in [-0.2, 0) is 35.7 Å². The third-order valence-electron chi connectivity index (χ3n) is 10.4. The molecule has 0 unspecified atom stereocenters. The molecule has 348 valence electrons. The van der Waals surface area contributed by atoms with Crippen molar-refractivity contribution >= 4 is 42.6 Å². The van der Waals surface area contributed by atoms with Gasteiger partial charge in [0, 0.05) is 67.4 Å². The van der Waals surface area contributed by atoms with E-state index in [1.165, 1.54) is 89.9 Å². The molecule has 0 bridgehead atoms. The van der Waals surface area contributed by atoms with Crippen molar-refractivity contribution < 1.29 is 47.7 Å². The Hall–Kier alpha value is -4.98. The van der Waals surface area contributed by atoms with E-state index in [9.17, 15) is 19.2 Å². The molecule has 2 aromatic heterocycles. The lowest BCUT2D eigenvalue weighted by Crippen LogP contribution is -2.46. The van der Waals surface area contributed by atoms with Gasteiger partial charge in [-0.25, -0.2) is 9.59 Å². The van der Waals surface area contributed by atoms with Crippen molar-refractivity contribution in [1.82, 2.24) is 5.32 Å². The van der Waals surface area contributed by atoms with Gasteiger partial charge in [0.15, 0.2) is 0 Å². The number of hydrogen-bond acceptors (Lipinski definition) is 12. The molecule has 0 spiro atoms. The number of carbonyl (C=O) groups excluding carboxylic acids is 1. The standard InChI is InChI=1S/C20H25NO4.C12H10O5.C9H23NO3Si.C5H10.C2H2/c1-24-16-8-9-17-15(12-20(23)25-18(17)13-16)11-19(22)21-10-4-7-14-5-2-3-6-14;1-16-8-2-3-9-7(4-11(13)14)5-12(15)17-10(9)6-8;1-4-11-14(12-5-2,13-6-3)9-7-8-10;1-2-4-5-3-1;1-2/h8-9,12-14H,2-7,10-11H2,1H3,(H,21,22);2-3,5-6H,4H2,1H3,(H,13,14);4-10H2,1-3H3;1-5H2;1-2H/i;;;;1D. The van der Waals surface area contributed by atoms with Crippen molar-refractivity contribution in [3.05, 3.63) is 80.5 Å². The third kappa shape index (κ3) is 19.9. The predicted molar refractivity (Wildman–Crippen MR) is 249 cm³/mol. The van der Waals surface area contributed by atoms with Crippen LogP contribution in [0.1, 0.15) is 110 Å². The van der Waals surface area contributed by atoms with Crippen molar-refractivity contribution in [1.29, 1.82) is 0 Å². The van der Waals surface area contributed by atoms with Crippen LogP contribution in [0.3, 0.4) is 0 Å². The van der Waals surface area contributed by atoms with Crippen molar-refractivity contribution in [2.24, 2.45) is 11.7 Å². The van der Waals surface area contributed by atoms with Gasteiger partial charge in [-0.1, -0.05) is 57.8 Å². The summed E-state index contributed by atoms with van der Waals surface area (Å²) in [5.74, 6) is 0.953. The number of methoxy groups -OCH3 is 2. The number of terminal acetylenes is 1. The fourth-order valence-electron chi connectivity index (χ4n) is 7.49. The van der Waals surface area contributed by atoms with Crippen LogP contribution in [0.4, 0.5) is 0 Å². The van der Waals surface area contributed by atoms with Crippen molar-refractivity contribution in [2.75, 3.05) is 47.1 Å². The Labute approximate surface area is 374 Å². The maximum atomic E-state index is 12.2. The number of benzene rings is 2. The van der Waals surface area contributed by atoms with Gasteiger partial charge in [0.25, 0.3) is 0 Å². The minimum absolute atomic E-state index is 0.0610. The SMILES string of the molecule is C1CCCC1.CCO[Si](CCCN)(OCC)OCC.COc1ccc2c(CC(=O)NCCCC3CCCC3)cc(=O)oc2c1.COc1ccc2c(CC(=O)O)cc(=O)oc2c1.[2H]C#C. The zero-order valence-electron chi connectivity index (χ0n) is 38.9. The molecule has 0 saturated heterocycles. The highest BCUT2D eigenvalue weighted by atomic mass is 28.4. The van der Waals surface area contributed by atoms with Gasteiger partial charge in [-0.2, -0.15) is 0 Å². The van der Waals surface area contributed by atoms with Crippen LogP contribution < -0.4 is 31.8 Å². The van der Waals surface area contributed by atoms with Crippen LogP contribution in [0.25, 0.3) is 21.9 Å². The number of rotatable bonds is 19. The number of carbonyl (C=O) groups is 2. The number of carboxylic acid groups (broad SMARTS) is 1. The number of amides is 1. The largest absolute Gasteiger partial charge is 0.500 e. The summed E-state index contributed by atoms with van der Waals surface area (Å²) in [6.45, 7) is 9.14. The lowest BCUT2D eigenvalue weighted by atomic mass is 10.0. The lowest BCUT2D eigenvalue weighted by molar-refractivity contribution is -0.136. The molecule has 2 aromatic carbocycles. The Morgan fingerprint density at radius 2 is 1.24 bits per heavy atom. The first kappa shape index (κ1) is 52.4. The predicted octanol–water partition coefficient (Wildman–Crippen LogP) is 8.44. The molecule has 1 amide bonds. The highest BCUT2D eigenvalue weighted by Gasteiger charge is 2.39. The van der Waals surface area contributed by atoms with Gasteiger partial charge in [0.05, 0.1) is 27.1 Å². The second-order valence-corrected chi connectivity index (χ2v) is 17.7. The normalized spacial score (nSPS) is 13.4. The first-order valence-corrected chi connectivity index (χ1v) is 24.0. The maximum Gasteiger partial charge on any atom is 0.500 e. The highest BCUT2D eigenvalue weighted by molar-refractivity contribution is 6.60. The first-order chi connectivity index (χ1) is 30.9. The molecule has 2 aliphatic carbocycles. The number of aliphatic carboxylic acids is 1. The van der Waals surface area contributed by atoms with Gasteiger partial charge in [0.2, 0.25) is 5.91 Å². The number of nitrogens with two attached hydrogens (primary N) is 1. The van der Waals surface area contributed by atoms with Gasteiger partial charge < -0.3 is 47.7 Å². The van der Waals surface area contributed by atoms with E-state index >= 15 is 0 Å². The van der Waals surface area contributed by atoms with Crippen LogP contribution in [0, 0.1) is 18.7 Å². The van der Waals surface area contributed by atoms with E-state index in [1.807, 2.05) is 26.8 Å².